The van der Waals surface area contributed by atoms with Crippen LogP contribution in [0.3, 0.4) is 0 Å². The standard InChI is InChI=1S/C10H19NO/c1-3-4-10(8-12)5-9(2)6-11-7-10/h3,9,11-12H,1,4-8H2,2H3. The molecule has 70 valence electrons. The molecular weight excluding hydrogens is 150 g/mol. The zero-order valence-corrected chi connectivity index (χ0v) is 7.84. The largest absolute Gasteiger partial charge is 0.396 e. The van der Waals surface area contributed by atoms with Gasteiger partial charge in [-0.1, -0.05) is 13.0 Å². The number of allylic oxidation sites excluding steroid dienone is 1. The van der Waals surface area contributed by atoms with E-state index in [-0.39, 0.29) is 12.0 Å². The summed E-state index contributed by atoms with van der Waals surface area (Å²) in [7, 11) is 0. The van der Waals surface area contributed by atoms with Crippen molar-refractivity contribution in [1.29, 1.82) is 0 Å². The summed E-state index contributed by atoms with van der Waals surface area (Å²) >= 11 is 0. The minimum absolute atomic E-state index is 0.0689. The topological polar surface area (TPSA) is 32.3 Å². The maximum atomic E-state index is 9.30. The van der Waals surface area contributed by atoms with Gasteiger partial charge >= 0.3 is 0 Å². The van der Waals surface area contributed by atoms with E-state index >= 15 is 0 Å². The quantitative estimate of drug-likeness (QED) is 0.622. The lowest BCUT2D eigenvalue weighted by Crippen LogP contribution is -2.45. The van der Waals surface area contributed by atoms with Gasteiger partial charge < -0.3 is 10.4 Å². The Balaban J connectivity index is 2.57. The minimum atomic E-state index is 0.0689. The molecule has 1 saturated heterocycles. The molecule has 1 rings (SSSR count). The molecule has 0 aromatic carbocycles. The Hall–Kier alpha value is -0.340. The normalized spacial score (nSPS) is 36.3. The average Bonchev–Trinajstić information content (AvgIpc) is 2.05. The lowest BCUT2D eigenvalue weighted by Gasteiger charge is -2.38. The highest BCUT2D eigenvalue weighted by molar-refractivity contribution is 4.92. The van der Waals surface area contributed by atoms with Crippen LogP contribution in [-0.4, -0.2) is 24.8 Å². The molecule has 2 atom stereocenters. The lowest BCUT2D eigenvalue weighted by molar-refractivity contribution is 0.0768. The first-order valence-electron chi connectivity index (χ1n) is 4.65. The van der Waals surface area contributed by atoms with Crippen molar-refractivity contribution >= 4 is 0 Å². The third kappa shape index (κ3) is 2.08. The van der Waals surface area contributed by atoms with E-state index in [9.17, 15) is 5.11 Å². The van der Waals surface area contributed by atoms with Crippen molar-refractivity contribution in [2.75, 3.05) is 19.7 Å². The van der Waals surface area contributed by atoms with E-state index in [0.717, 1.165) is 25.9 Å². The molecule has 2 N–H and O–H groups in total. The van der Waals surface area contributed by atoms with Crippen molar-refractivity contribution in [3.8, 4) is 0 Å². The van der Waals surface area contributed by atoms with Gasteiger partial charge in [-0.3, -0.25) is 0 Å². The first-order chi connectivity index (χ1) is 5.72. The highest BCUT2D eigenvalue weighted by Crippen LogP contribution is 2.32. The molecule has 2 nitrogen and oxygen atoms in total. The molecule has 0 aromatic rings. The second kappa shape index (κ2) is 4.06. The van der Waals surface area contributed by atoms with E-state index < -0.39 is 0 Å². The SMILES string of the molecule is C=CCC1(CO)CNCC(C)C1. The first kappa shape index (κ1) is 9.75. The number of rotatable bonds is 3. The summed E-state index contributed by atoms with van der Waals surface area (Å²) in [6, 6.07) is 0. The summed E-state index contributed by atoms with van der Waals surface area (Å²) in [5, 5.41) is 12.7. The summed E-state index contributed by atoms with van der Waals surface area (Å²) < 4.78 is 0. The second-order valence-electron chi connectivity index (χ2n) is 4.09. The smallest absolute Gasteiger partial charge is 0.0502 e. The van der Waals surface area contributed by atoms with Gasteiger partial charge in [-0.2, -0.15) is 0 Å². The summed E-state index contributed by atoms with van der Waals surface area (Å²) in [4.78, 5) is 0. The van der Waals surface area contributed by atoms with Gasteiger partial charge in [-0.25, -0.2) is 0 Å². The Morgan fingerprint density at radius 2 is 2.50 bits per heavy atom. The number of nitrogens with one attached hydrogen (secondary N) is 1. The molecule has 1 aliphatic heterocycles. The molecule has 0 spiro atoms. The third-order valence-electron chi connectivity index (χ3n) is 2.69. The monoisotopic (exact) mass is 169 g/mol. The molecule has 0 amide bonds. The molecule has 0 radical (unpaired) electrons. The highest BCUT2D eigenvalue weighted by Gasteiger charge is 2.32. The van der Waals surface area contributed by atoms with Gasteiger partial charge in [0.1, 0.15) is 0 Å². The van der Waals surface area contributed by atoms with Crippen molar-refractivity contribution in [1.82, 2.24) is 5.32 Å². The zero-order chi connectivity index (χ0) is 9.03. The Labute approximate surface area is 74.7 Å². The number of aliphatic hydroxyl groups is 1. The van der Waals surface area contributed by atoms with E-state index in [1.54, 1.807) is 0 Å². The number of aliphatic hydroxyl groups excluding tert-OH is 1. The number of piperidine rings is 1. The molecule has 2 heteroatoms. The van der Waals surface area contributed by atoms with Gasteiger partial charge in [0.2, 0.25) is 0 Å². The molecule has 0 bridgehead atoms. The summed E-state index contributed by atoms with van der Waals surface area (Å²) in [6.07, 6.45) is 3.94. The molecule has 12 heavy (non-hydrogen) atoms. The molecule has 0 saturated carbocycles. The number of hydrogen-bond acceptors (Lipinski definition) is 2. The minimum Gasteiger partial charge on any atom is -0.396 e. The van der Waals surface area contributed by atoms with E-state index in [4.69, 9.17) is 0 Å². The third-order valence-corrected chi connectivity index (χ3v) is 2.69. The van der Waals surface area contributed by atoms with E-state index in [1.165, 1.54) is 0 Å². The Bertz CT molecular complexity index is 158. The van der Waals surface area contributed by atoms with Crippen LogP contribution in [0.2, 0.25) is 0 Å². The van der Waals surface area contributed by atoms with Crippen LogP contribution in [-0.2, 0) is 0 Å². The molecule has 2 unspecified atom stereocenters. The summed E-state index contributed by atoms with van der Waals surface area (Å²) in [6.45, 7) is 8.24. The molecule has 1 fully saturated rings. The van der Waals surface area contributed by atoms with Gasteiger partial charge in [-0.05, 0) is 25.3 Å². The number of hydrogen-bond donors (Lipinski definition) is 2. The molecular formula is C10H19NO. The highest BCUT2D eigenvalue weighted by atomic mass is 16.3. The van der Waals surface area contributed by atoms with Gasteiger partial charge in [0.05, 0.1) is 6.61 Å². The van der Waals surface area contributed by atoms with Crippen molar-refractivity contribution in [3.63, 3.8) is 0 Å². The van der Waals surface area contributed by atoms with Gasteiger partial charge in [0.25, 0.3) is 0 Å². The Morgan fingerprint density at radius 3 is 3.00 bits per heavy atom. The second-order valence-corrected chi connectivity index (χ2v) is 4.09. The first-order valence-corrected chi connectivity index (χ1v) is 4.65. The van der Waals surface area contributed by atoms with Crippen LogP contribution in [0.1, 0.15) is 19.8 Å². The van der Waals surface area contributed by atoms with Crippen LogP contribution in [0.5, 0.6) is 0 Å². The lowest BCUT2D eigenvalue weighted by atomic mass is 9.75. The van der Waals surface area contributed by atoms with E-state index in [2.05, 4.69) is 18.8 Å². The Morgan fingerprint density at radius 1 is 1.75 bits per heavy atom. The fraction of sp³-hybridized carbons (Fsp3) is 0.800. The Kier molecular flexibility index (Phi) is 3.29. The van der Waals surface area contributed by atoms with Crippen molar-refractivity contribution < 1.29 is 5.11 Å². The van der Waals surface area contributed by atoms with Crippen molar-refractivity contribution in [2.24, 2.45) is 11.3 Å². The van der Waals surface area contributed by atoms with Crippen LogP contribution < -0.4 is 5.32 Å². The van der Waals surface area contributed by atoms with Crippen LogP contribution in [0.15, 0.2) is 12.7 Å². The van der Waals surface area contributed by atoms with Crippen LogP contribution in [0.4, 0.5) is 0 Å². The fourth-order valence-corrected chi connectivity index (χ4v) is 2.11. The predicted molar refractivity (Wildman–Crippen MR) is 51.0 cm³/mol. The van der Waals surface area contributed by atoms with Crippen LogP contribution in [0, 0.1) is 11.3 Å². The van der Waals surface area contributed by atoms with Crippen LogP contribution >= 0.6 is 0 Å². The van der Waals surface area contributed by atoms with Crippen molar-refractivity contribution in [3.05, 3.63) is 12.7 Å². The van der Waals surface area contributed by atoms with E-state index in [0.29, 0.717) is 5.92 Å². The van der Waals surface area contributed by atoms with Gasteiger partial charge in [-0.15, -0.1) is 6.58 Å². The molecule has 0 aromatic heterocycles. The van der Waals surface area contributed by atoms with Crippen LogP contribution in [0.25, 0.3) is 0 Å². The summed E-state index contributed by atoms with van der Waals surface area (Å²) in [5.74, 6) is 0.672. The molecule has 1 heterocycles. The maximum absolute atomic E-state index is 9.30. The summed E-state index contributed by atoms with van der Waals surface area (Å²) in [5.41, 5.74) is 0.0689. The predicted octanol–water partition coefficient (Wildman–Crippen LogP) is 1.17. The fourth-order valence-electron chi connectivity index (χ4n) is 2.11. The van der Waals surface area contributed by atoms with Gasteiger partial charge in [0, 0.05) is 12.0 Å². The molecule has 1 aliphatic rings. The van der Waals surface area contributed by atoms with E-state index in [1.807, 2.05) is 6.08 Å². The zero-order valence-electron chi connectivity index (χ0n) is 7.84. The molecule has 0 aliphatic carbocycles. The van der Waals surface area contributed by atoms with Gasteiger partial charge in [0.15, 0.2) is 0 Å². The average molecular weight is 169 g/mol. The maximum Gasteiger partial charge on any atom is 0.0502 e. The van der Waals surface area contributed by atoms with Crippen molar-refractivity contribution in [2.45, 2.75) is 19.8 Å².